The molecule has 2 rings (SSSR count). The Balaban J connectivity index is 2.69. The second-order valence-electron chi connectivity index (χ2n) is 3.94. The lowest BCUT2D eigenvalue weighted by Crippen LogP contribution is -2.23. The van der Waals surface area contributed by atoms with E-state index in [1.54, 1.807) is 11.6 Å². The van der Waals surface area contributed by atoms with E-state index in [-0.39, 0.29) is 17.5 Å². The Hall–Kier alpha value is -1.84. The van der Waals surface area contributed by atoms with E-state index in [1.807, 2.05) is 38.1 Å². The van der Waals surface area contributed by atoms with E-state index >= 15 is 0 Å². The van der Waals surface area contributed by atoms with E-state index in [4.69, 9.17) is 4.74 Å². The molecule has 0 saturated heterocycles. The largest absolute Gasteiger partial charge is 0.471 e. The summed E-state index contributed by atoms with van der Waals surface area (Å²) in [6, 6.07) is 7.50. The molecule has 1 heterocycles. The number of ether oxygens (including phenoxy) is 1. The number of rotatable bonds is 2. The predicted molar refractivity (Wildman–Crippen MR) is 62.7 cm³/mol. The second-order valence-corrected chi connectivity index (χ2v) is 3.94. The molecule has 1 aromatic heterocycles. The fourth-order valence-electron chi connectivity index (χ4n) is 1.55. The summed E-state index contributed by atoms with van der Waals surface area (Å²) in [4.78, 5) is 16.1. The van der Waals surface area contributed by atoms with Crippen molar-refractivity contribution in [3.05, 3.63) is 34.6 Å². The van der Waals surface area contributed by atoms with Crippen molar-refractivity contribution in [1.82, 2.24) is 9.55 Å². The fraction of sp³-hybridized carbons (Fsp3) is 0.333. The van der Waals surface area contributed by atoms with Gasteiger partial charge in [0, 0.05) is 7.05 Å². The highest BCUT2D eigenvalue weighted by molar-refractivity contribution is 5.74. The van der Waals surface area contributed by atoms with E-state index in [2.05, 4.69) is 4.98 Å². The van der Waals surface area contributed by atoms with Gasteiger partial charge in [-0.2, -0.15) is 0 Å². The molecule has 0 aliphatic heterocycles. The van der Waals surface area contributed by atoms with Crippen LogP contribution in [0.25, 0.3) is 11.0 Å². The zero-order valence-corrected chi connectivity index (χ0v) is 9.60. The summed E-state index contributed by atoms with van der Waals surface area (Å²) in [6.45, 7) is 3.74. The van der Waals surface area contributed by atoms with E-state index in [1.165, 1.54) is 0 Å². The molecule has 4 nitrogen and oxygen atoms in total. The minimum Gasteiger partial charge on any atom is -0.471 e. The predicted octanol–water partition coefficient (Wildman–Crippen LogP) is 1.72. The van der Waals surface area contributed by atoms with E-state index in [9.17, 15) is 4.79 Å². The van der Waals surface area contributed by atoms with Crippen LogP contribution in [0.4, 0.5) is 0 Å². The zero-order chi connectivity index (χ0) is 11.7. The Labute approximate surface area is 93.5 Å². The lowest BCUT2D eigenvalue weighted by molar-refractivity contribution is 0.228. The van der Waals surface area contributed by atoms with Gasteiger partial charge >= 0.3 is 5.56 Å². The standard InChI is InChI=1S/C12H14N2O2/c1-8(2)16-11-12(15)14(3)10-7-5-4-6-9(10)13-11/h4-8H,1-3H3. The molecule has 0 amide bonds. The number of para-hydroxylation sites is 2. The first-order chi connectivity index (χ1) is 7.59. The van der Waals surface area contributed by atoms with Gasteiger partial charge in [0.05, 0.1) is 17.1 Å². The molecule has 0 spiro atoms. The highest BCUT2D eigenvalue weighted by Gasteiger charge is 2.10. The van der Waals surface area contributed by atoms with Crippen molar-refractivity contribution in [2.24, 2.45) is 7.05 Å². The average Bonchev–Trinajstić information content (AvgIpc) is 2.25. The first-order valence-corrected chi connectivity index (χ1v) is 5.22. The first kappa shape index (κ1) is 10.7. The van der Waals surface area contributed by atoms with Crippen LogP contribution in [0.15, 0.2) is 29.1 Å². The Morgan fingerprint density at radius 3 is 2.69 bits per heavy atom. The quantitative estimate of drug-likeness (QED) is 0.771. The highest BCUT2D eigenvalue weighted by Crippen LogP contribution is 2.12. The molecule has 16 heavy (non-hydrogen) atoms. The van der Waals surface area contributed by atoms with Crippen molar-refractivity contribution in [2.75, 3.05) is 0 Å². The maximum atomic E-state index is 11.9. The normalized spacial score (nSPS) is 11.0. The maximum absolute atomic E-state index is 11.9. The number of benzene rings is 1. The third kappa shape index (κ3) is 1.78. The lowest BCUT2D eigenvalue weighted by atomic mass is 10.3. The van der Waals surface area contributed by atoms with Crippen LogP contribution in [-0.2, 0) is 7.05 Å². The summed E-state index contributed by atoms with van der Waals surface area (Å²) in [5, 5.41) is 0. The van der Waals surface area contributed by atoms with Gasteiger partial charge in [0.2, 0.25) is 0 Å². The van der Waals surface area contributed by atoms with Crippen molar-refractivity contribution < 1.29 is 4.74 Å². The van der Waals surface area contributed by atoms with Gasteiger partial charge in [-0.1, -0.05) is 12.1 Å². The van der Waals surface area contributed by atoms with Crippen LogP contribution in [0, 0.1) is 0 Å². The molecule has 0 bridgehead atoms. The molecule has 0 fully saturated rings. The van der Waals surface area contributed by atoms with Gasteiger partial charge in [0.25, 0.3) is 5.88 Å². The van der Waals surface area contributed by atoms with E-state index < -0.39 is 0 Å². The molecule has 0 unspecified atom stereocenters. The second kappa shape index (κ2) is 3.96. The molecule has 1 aromatic carbocycles. The summed E-state index contributed by atoms with van der Waals surface area (Å²) in [7, 11) is 1.72. The van der Waals surface area contributed by atoms with Crippen LogP contribution in [-0.4, -0.2) is 15.7 Å². The number of hydrogen-bond acceptors (Lipinski definition) is 3. The molecular weight excluding hydrogens is 204 g/mol. The lowest BCUT2D eigenvalue weighted by Gasteiger charge is -2.10. The highest BCUT2D eigenvalue weighted by atomic mass is 16.5. The molecule has 0 radical (unpaired) electrons. The summed E-state index contributed by atoms with van der Waals surface area (Å²) in [5.41, 5.74) is 1.37. The number of nitrogens with zero attached hydrogens (tertiary/aromatic N) is 2. The van der Waals surface area contributed by atoms with Gasteiger partial charge < -0.3 is 9.30 Å². The van der Waals surface area contributed by atoms with Crippen molar-refractivity contribution in [2.45, 2.75) is 20.0 Å². The van der Waals surface area contributed by atoms with Crippen molar-refractivity contribution in [3.8, 4) is 5.88 Å². The van der Waals surface area contributed by atoms with E-state index in [0.717, 1.165) is 11.0 Å². The Bertz CT molecular complexity index is 573. The molecule has 84 valence electrons. The van der Waals surface area contributed by atoms with Crippen LogP contribution in [0.5, 0.6) is 5.88 Å². The Morgan fingerprint density at radius 2 is 2.00 bits per heavy atom. The van der Waals surface area contributed by atoms with Gasteiger partial charge in [-0.05, 0) is 26.0 Å². The first-order valence-electron chi connectivity index (χ1n) is 5.22. The number of fused-ring (bicyclic) bond motifs is 1. The van der Waals surface area contributed by atoms with Gasteiger partial charge in [-0.15, -0.1) is 0 Å². The Kier molecular flexibility index (Phi) is 2.64. The maximum Gasteiger partial charge on any atom is 0.313 e. The summed E-state index contributed by atoms with van der Waals surface area (Å²) in [6.07, 6.45) is -0.0543. The smallest absolute Gasteiger partial charge is 0.313 e. The average molecular weight is 218 g/mol. The third-order valence-electron chi connectivity index (χ3n) is 2.30. The molecule has 0 atom stereocenters. The molecule has 0 aliphatic carbocycles. The van der Waals surface area contributed by atoms with Crippen LogP contribution in [0.3, 0.4) is 0 Å². The number of hydrogen-bond donors (Lipinski definition) is 0. The minimum atomic E-state index is -0.201. The number of aryl methyl sites for hydroxylation is 1. The van der Waals surface area contributed by atoms with Crippen LogP contribution in [0.1, 0.15) is 13.8 Å². The summed E-state index contributed by atoms with van der Waals surface area (Å²) < 4.78 is 6.95. The van der Waals surface area contributed by atoms with Crippen molar-refractivity contribution in [1.29, 1.82) is 0 Å². The Morgan fingerprint density at radius 1 is 1.31 bits per heavy atom. The van der Waals surface area contributed by atoms with Gasteiger partial charge in [-0.3, -0.25) is 4.79 Å². The summed E-state index contributed by atoms with van der Waals surface area (Å²) >= 11 is 0. The molecule has 0 saturated carbocycles. The van der Waals surface area contributed by atoms with Gasteiger partial charge in [0.15, 0.2) is 0 Å². The van der Waals surface area contributed by atoms with E-state index in [0.29, 0.717) is 0 Å². The monoisotopic (exact) mass is 218 g/mol. The molecule has 0 N–H and O–H groups in total. The minimum absolute atomic E-state index is 0.0543. The van der Waals surface area contributed by atoms with Crippen molar-refractivity contribution in [3.63, 3.8) is 0 Å². The number of aromatic nitrogens is 2. The van der Waals surface area contributed by atoms with Gasteiger partial charge in [-0.25, -0.2) is 4.98 Å². The van der Waals surface area contributed by atoms with Crippen LogP contribution < -0.4 is 10.3 Å². The zero-order valence-electron chi connectivity index (χ0n) is 9.60. The molecule has 0 aliphatic rings. The third-order valence-corrected chi connectivity index (χ3v) is 2.30. The van der Waals surface area contributed by atoms with Crippen molar-refractivity contribution >= 4 is 11.0 Å². The van der Waals surface area contributed by atoms with Crippen LogP contribution in [0.2, 0.25) is 0 Å². The molecule has 2 aromatic rings. The molecule has 4 heteroatoms. The SMILES string of the molecule is CC(C)Oc1nc2ccccc2n(C)c1=O. The topological polar surface area (TPSA) is 44.1 Å². The molecular formula is C12H14N2O2. The van der Waals surface area contributed by atoms with Gasteiger partial charge in [0.1, 0.15) is 0 Å². The van der Waals surface area contributed by atoms with Crippen LogP contribution >= 0.6 is 0 Å². The fourth-order valence-corrected chi connectivity index (χ4v) is 1.55. The summed E-state index contributed by atoms with van der Waals surface area (Å²) in [5.74, 6) is 0.163.